The average Bonchev–Trinajstić information content (AvgIpc) is 3.13. The number of carbonyl (C=O) groups is 1. The molecular weight excluding hydrogens is 310 g/mol. The summed E-state index contributed by atoms with van der Waals surface area (Å²) in [5.74, 6) is -0.385. The van der Waals surface area contributed by atoms with Gasteiger partial charge in [-0.3, -0.25) is 10.2 Å². The van der Waals surface area contributed by atoms with Crippen molar-refractivity contribution in [2.75, 3.05) is 5.32 Å². The number of carboxylic acids is 1. The van der Waals surface area contributed by atoms with E-state index in [9.17, 15) is 9.90 Å². The topological polar surface area (TPSA) is 73.7 Å². The highest BCUT2D eigenvalue weighted by molar-refractivity contribution is 7.80. The molecular formula is C17H19N3O2S. The molecule has 0 heterocycles. The van der Waals surface area contributed by atoms with E-state index in [2.05, 4.69) is 21.9 Å². The second kappa shape index (κ2) is 6.12. The summed E-state index contributed by atoms with van der Waals surface area (Å²) in [7, 11) is 0. The van der Waals surface area contributed by atoms with Gasteiger partial charge in [-0.05, 0) is 62.0 Å². The maximum absolute atomic E-state index is 11.7. The normalized spacial score (nSPS) is 25.9. The number of fused-ring (bicyclic) bond motifs is 2. The molecule has 1 aromatic rings. The number of aliphatic carboxylic acids is 1. The van der Waals surface area contributed by atoms with Crippen LogP contribution < -0.4 is 10.7 Å². The summed E-state index contributed by atoms with van der Waals surface area (Å²) in [4.78, 5) is 11.7. The van der Waals surface area contributed by atoms with Crippen LogP contribution in [0.15, 0.2) is 47.1 Å². The van der Waals surface area contributed by atoms with Crippen LogP contribution in [-0.4, -0.2) is 21.9 Å². The van der Waals surface area contributed by atoms with Gasteiger partial charge in [0.05, 0.1) is 11.1 Å². The number of nitrogens with one attached hydrogen (secondary N) is 2. The van der Waals surface area contributed by atoms with Gasteiger partial charge in [0.15, 0.2) is 5.11 Å². The third kappa shape index (κ3) is 2.99. The average molecular weight is 329 g/mol. The third-order valence-electron chi connectivity index (χ3n) is 4.63. The van der Waals surface area contributed by atoms with Crippen molar-refractivity contribution >= 4 is 34.7 Å². The minimum absolute atomic E-state index is 0.362. The second-order valence-corrected chi connectivity index (χ2v) is 6.51. The van der Waals surface area contributed by atoms with Gasteiger partial charge in [0.2, 0.25) is 0 Å². The number of allylic oxidation sites excluding steroid dienone is 1. The standard InChI is InChI=1S/C17H19N3O2S/c1-11(14-9-12-7-8-17(14,10-12)15(21)22)19-20-16(23)18-13-5-3-2-4-6-13/h2-6,9,12H,7-8,10H2,1H3,(H,21,22)(H2,18,20,23). The monoisotopic (exact) mass is 329 g/mol. The fraction of sp³-hybridized carbons (Fsp3) is 0.353. The lowest BCUT2D eigenvalue weighted by Gasteiger charge is -2.25. The van der Waals surface area contributed by atoms with Crippen molar-refractivity contribution in [2.45, 2.75) is 26.2 Å². The Morgan fingerprint density at radius 3 is 2.78 bits per heavy atom. The Hall–Kier alpha value is -2.21. The van der Waals surface area contributed by atoms with Gasteiger partial charge in [0.25, 0.3) is 0 Å². The fourth-order valence-electron chi connectivity index (χ4n) is 3.52. The summed E-state index contributed by atoms with van der Waals surface area (Å²) in [6.45, 7) is 1.83. The minimum atomic E-state index is -0.756. The van der Waals surface area contributed by atoms with Crippen molar-refractivity contribution in [1.29, 1.82) is 0 Å². The summed E-state index contributed by atoms with van der Waals surface area (Å²) in [5.41, 5.74) is 4.43. The zero-order valence-electron chi connectivity index (χ0n) is 12.9. The Balaban J connectivity index is 1.67. The molecule has 1 saturated carbocycles. The van der Waals surface area contributed by atoms with E-state index < -0.39 is 11.4 Å². The molecule has 2 aliphatic carbocycles. The molecule has 3 rings (SSSR count). The number of rotatable bonds is 4. The van der Waals surface area contributed by atoms with Crippen LogP contribution in [0.5, 0.6) is 0 Å². The van der Waals surface area contributed by atoms with Gasteiger partial charge in [0.1, 0.15) is 0 Å². The Morgan fingerprint density at radius 2 is 2.13 bits per heavy atom. The Labute approximate surface area is 140 Å². The number of hydrogen-bond donors (Lipinski definition) is 3. The van der Waals surface area contributed by atoms with Gasteiger partial charge in [-0.15, -0.1) is 0 Å². The van der Waals surface area contributed by atoms with Gasteiger partial charge in [0, 0.05) is 5.69 Å². The summed E-state index contributed by atoms with van der Waals surface area (Å²) in [6, 6.07) is 9.56. The zero-order chi connectivity index (χ0) is 16.4. The molecule has 5 nitrogen and oxygen atoms in total. The Morgan fingerprint density at radius 1 is 1.39 bits per heavy atom. The number of hydrazone groups is 1. The molecule has 0 radical (unpaired) electrons. The number of anilines is 1. The second-order valence-electron chi connectivity index (χ2n) is 6.10. The van der Waals surface area contributed by atoms with Crippen molar-refractivity contribution in [3.8, 4) is 0 Å². The molecule has 2 aliphatic rings. The first-order valence-electron chi connectivity index (χ1n) is 7.64. The lowest BCUT2D eigenvalue weighted by Crippen LogP contribution is -2.33. The lowest BCUT2D eigenvalue weighted by atomic mass is 9.78. The lowest BCUT2D eigenvalue weighted by molar-refractivity contribution is -0.145. The van der Waals surface area contributed by atoms with Crippen molar-refractivity contribution in [2.24, 2.45) is 16.4 Å². The van der Waals surface area contributed by atoms with E-state index in [1.54, 1.807) is 0 Å². The van der Waals surface area contributed by atoms with Gasteiger partial charge >= 0.3 is 5.97 Å². The zero-order valence-corrected chi connectivity index (χ0v) is 13.7. The van der Waals surface area contributed by atoms with E-state index in [0.29, 0.717) is 29.6 Å². The number of hydrogen-bond acceptors (Lipinski definition) is 3. The van der Waals surface area contributed by atoms with Crippen LogP contribution in [0, 0.1) is 11.3 Å². The first-order chi connectivity index (χ1) is 11.0. The molecule has 0 aliphatic heterocycles. The molecule has 0 aromatic heterocycles. The summed E-state index contributed by atoms with van der Waals surface area (Å²) >= 11 is 5.21. The molecule has 0 spiro atoms. The number of para-hydroxylation sites is 1. The molecule has 23 heavy (non-hydrogen) atoms. The number of thiocarbonyl (C=S) groups is 1. The molecule has 1 aromatic carbocycles. The smallest absolute Gasteiger partial charge is 0.314 e. The Bertz CT molecular complexity index is 699. The molecule has 1 fully saturated rings. The van der Waals surface area contributed by atoms with E-state index in [4.69, 9.17) is 12.2 Å². The van der Waals surface area contributed by atoms with Crippen LogP contribution in [0.3, 0.4) is 0 Å². The van der Waals surface area contributed by atoms with Crippen LogP contribution in [0.4, 0.5) is 5.69 Å². The fourth-order valence-corrected chi connectivity index (χ4v) is 3.68. The highest BCUT2D eigenvalue weighted by Gasteiger charge is 2.53. The SMILES string of the molecule is CC(=NNC(=S)Nc1ccccc1)C1=CC2CCC1(C(=O)O)C2. The predicted molar refractivity (Wildman–Crippen MR) is 94.4 cm³/mol. The van der Waals surface area contributed by atoms with Crippen molar-refractivity contribution in [1.82, 2.24) is 5.43 Å². The van der Waals surface area contributed by atoms with E-state index in [0.717, 1.165) is 17.7 Å². The summed E-state index contributed by atoms with van der Waals surface area (Å²) < 4.78 is 0. The first-order valence-corrected chi connectivity index (χ1v) is 8.04. The molecule has 2 atom stereocenters. The maximum atomic E-state index is 11.7. The van der Waals surface area contributed by atoms with E-state index >= 15 is 0 Å². The van der Waals surface area contributed by atoms with Crippen molar-refractivity contribution in [3.05, 3.63) is 42.0 Å². The molecule has 2 unspecified atom stereocenters. The van der Waals surface area contributed by atoms with E-state index in [-0.39, 0.29) is 0 Å². The van der Waals surface area contributed by atoms with Gasteiger partial charge in [-0.25, -0.2) is 0 Å². The van der Waals surface area contributed by atoms with Crippen LogP contribution in [0.25, 0.3) is 0 Å². The summed E-state index contributed by atoms with van der Waals surface area (Å²) in [5, 5.41) is 17.3. The van der Waals surface area contributed by atoms with Crippen molar-refractivity contribution in [3.63, 3.8) is 0 Å². The minimum Gasteiger partial charge on any atom is -0.481 e. The quantitative estimate of drug-likeness (QED) is 0.449. The van der Waals surface area contributed by atoms with E-state index in [1.807, 2.05) is 37.3 Å². The molecule has 2 bridgehead atoms. The highest BCUT2D eigenvalue weighted by Crippen LogP contribution is 2.54. The molecule has 6 heteroatoms. The largest absolute Gasteiger partial charge is 0.481 e. The van der Waals surface area contributed by atoms with Gasteiger partial charge in [-0.1, -0.05) is 24.3 Å². The molecule has 120 valence electrons. The predicted octanol–water partition coefficient (Wildman–Crippen LogP) is 3.16. The van der Waals surface area contributed by atoms with Gasteiger partial charge < -0.3 is 10.4 Å². The maximum Gasteiger partial charge on any atom is 0.314 e. The highest BCUT2D eigenvalue weighted by atomic mass is 32.1. The number of benzene rings is 1. The summed E-state index contributed by atoms with van der Waals surface area (Å²) in [6.07, 6.45) is 4.39. The van der Waals surface area contributed by atoms with Gasteiger partial charge in [-0.2, -0.15) is 5.10 Å². The van der Waals surface area contributed by atoms with Crippen LogP contribution in [0.2, 0.25) is 0 Å². The van der Waals surface area contributed by atoms with Crippen molar-refractivity contribution < 1.29 is 9.90 Å². The van der Waals surface area contributed by atoms with Crippen LogP contribution in [-0.2, 0) is 4.79 Å². The number of carboxylic acid groups (broad SMARTS) is 1. The molecule has 0 saturated heterocycles. The van der Waals surface area contributed by atoms with Crippen LogP contribution in [0.1, 0.15) is 26.2 Å². The number of nitrogens with zero attached hydrogens (tertiary/aromatic N) is 1. The molecule has 0 amide bonds. The Kier molecular flexibility index (Phi) is 4.17. The third-order valence-corrected chi connectivity index (χ3v) is 4.82. The molecule has 3 N–H and O–H groups in total. The first kappa shape index (κ1) is 15.7. The van der Waals surface area contributed by atoms with E-state index in [1.165, 1.54) is 0 Å². The van der Waals surface area contributed by atoms with Crippen LogP contribution >= 0.6 is 12.2 Å².